The van der Waals surface area contributed by atoms with E-state index >= 15 is 0 Å². The molecule has 5 heteroatoms. The smallest absolute Gasteiger partial charge is 0.311 e. The number of thiophene rings is 1. The molecule has 1 amide bonds. The maximum Gasteiger partial charge on any atom is 0.311 e. The first-order valence-electron chi connectivity index (χ1n) is 7.68. The molecule has 0 aliphatic heterocycles. The zero-order chi connectivity index (χ0) is 16.1. The van der Waals surface area contributed by atoms with E-state index in [2.05, 4.69) is 17.4 Å². The van der Waals surface area contributed by atoms with Gasteiger partial charge in [-0.25, -0.2) is 0 Å². The Labute approximate surface area is 139 Å². The molecule has 0 unspecified atom stereocenters. The molecule has 0 radical (unpaired) electrons. The topological polar surface area (TPSA) is 55.4 Å². The van der Waals surface area contributed by atoms with Crippen molar-refractivity contribution in [2.75, 3.05) is 13.2 Å². The molecule has 3 rings (SSSR count). The highest BCUT2D eigenvalue weighted by molar-refractivity contribution is 7.10. The number of esters is 1. The quantitative estimate of drug-likeness (QED) is 0.795. The molecule has 1 aromatic heterocycles. The van der Waals surface area contributed by atoms with Gasteiger partial charge in [0.2, 0.25) is 0 Å². The number of ether oxygens (including phenoxy) is 1. The maximum absolute atomic E-state index is 11.9. The molecular formula is C18H19NO3S. The molecule has 0 spiro atoms. The summed E-state index contributed by atoms with van der Waals surface area (Å²) in [4.78, 5) is 24.5. The zero-order valence-corrected chi connectivity index (χ0v) is 13.6. The van der Waals surface area contributed by atoms with Gasteiger partial charge in [-0.1, -0.05) is 36.4 Å². The number of nitrogens with one attached hydrogen (secondary N) is 1. The third-order valence-corrected chi connectivity index (χ3v) is 5.00. The van der Waals surface area contributed by atoms with Gasteiger partial charge in [-0.3, -0.25) is 9.59 Å². The van der Waals surface area contributed by atoms with Gasteiger partial charge in [-0.05, 0) is 29.9 Å². The minimum absolute atomic E-state index is 0.0674. The summed E-state index contributed by atoms with van der Waals surface area (Å²) < 4.78 is 5.02. The molecule has 0 saturated heterocycles. The third-order valence-electron chi connectivity index (χ3n) is 4.13. The lowest BCUT2D eigenvalue weighted by atomic mass is 9.96. The van der Waals surface area contributed by atoms with Crippen molar-refractivity contribution < 1.29 is 14.3 Å². The van der Waals surface area contributed by atoms with Crippen molar-refractivity contribution in [2.24, 2.45) is 0 Å². The molecule has 1 heterocycles. The highest BCUT2D eigenvalue weighted by Gasteiger charge is 2.44. The van der Waals surface area contributed by atoms with Crippen LogP contribution in [0.3, 0.4) is 0 Å². The monoisotopic (exact) mass is 329 g/mol. The molecule has 4 nitrogen and oxygen atoms in total. The second kappa shape index (κ2) is 6.96. The zero-order valence-electron chi connectivity index (χ0n) is 12.8. The minimum Gasteiger partial charge on any atom is -0.455 e. The van der Waals surface area contributed by atoms with Crippen LogP contribution in [-0.2, 0) is 26.2 Å². The number of hydrogen-bond acceptors (Lipinski definition) is 4. The van der Waals surface area contributed by atoms with Crippen LogP contribution in [0.4, 0.5) is 0 Å². The van der Waals surface area contributed by atoms with Gasteiger partial charge in [0.1, 0.15) is 0 Å². The van der Waals surface area contributed by atoms with Crippen LogP contribution < -0.4 is 5.32 Å². The second-order valence-electron chi connectivity index (χ2n) is 5.84. The fraction of sp³-hybridized carbons (Fsp3) is 0.333. The fourth-order valence-electron chi connectivity index (χ4n) is 2.58. The van der Waals surface area contributed by atoms with Crippen LogP contribution in [0, 0.1) is 0 Å². The largest absolute Gasteiger partial charge is 0.455 e. The fourth-order valence-corrected chi connectivity index (χ4v) is 3.27. The molecule has 0 atom stereocenters. The van der Waals surface area contributed by atoms with Crippen molar-refractivity contribution in [3.63, 3.8) is 0 Å². The van der Waals surface area contributed by atoms with Gasteiger partial charge >= 0.3 is 5.97 Å². The number of benzene rings is 1. The third kappa shape index (κ3) is 4.20. The standard InChI is InChI=1S/C18H19NO3S/c20-16(12-22-17(21)11-15-7-4-10-23-15)19-13-18(8-9-18)14-5-2-1-3-6-14/h1-7,10H,8-9,11-13H2,(H,19,20). The van der Waals surface area contributed by atoms with Crippen molar-refractivity contribution in [3.8, 4) is 0 Å². The van der Waals surface area contributed by atoms with E-state index in [1.165, 1.54) is 16.9 Å². The van der Waals surface area contributed by atoms with E-state index < -0.39 is 0 Å². The summed E-state index contributed by atoms with van der Waals surface area (Å²) in [5, 5.41) is 4.80. The predicted molar refractivity (Wildman–Crippen MR) is 89.3 cm³/mol. The van der Waals surface area contributed by atoms with Crippen molar-refractivity contribution in [1.82, 2.24) is 5.32 Å². The van der Waals surface area contributed by atoms with Crippen molar-refractivity contribution in [1.29, 1.82) is 0 Å². The first-order chi connectivity index (χ1) is 11.2. The Kier molecular flexibility index (Phi) is 4.76. The summed E-state index contributed by atoms with van der Waals surface area (Å²) in [5.41, 5.74) is 1.33. The summed E-state index contributed by atoms with van der Waals surface area (Å²) in [6.45, 7) is 0.382. The lowest BCUT2D eigenvalue weighted by Gasteiger charge is -2.16. The Hall–Kier alpha value is -2.14. The molecular weight excluding hydrogens is 310 g/mol. The highest BCUT2D eigenvalue weighted by atomic mass is 32.1. The van der Waals surface area contributed by atoms with E-state index in [0.717, 1.165) is 17.7 Å². The summed E-state index contributed by atoms with van der Waals surface area (Å²) in [5.74, 6) is -0.612. The Bertz CT molecular complexity index is 663. The summed E-state index contributed by atoms with van der Waals surface area (Å²) in [6, 6.07) is 14.0. The highest BCUT2D eigenvalue weighted by Crippen LogP contribution is 2.47. The molecule has 1 saturated carbocycles. The number of carbonyl (C=O) groups excluding carboxylic acids is 2. The van der Waals surface area contributed by atoms with Gasteiger partial charge < -0.3 is 10.1 Å². The van der Waals surface area contributed by atoms with Gasteiger partial charge in [0.25, 0.3) is 5.91 Å². The van der Waals surface area contributed by atoms with Crippen LogP contribution in [0.25, 0.3) is 0 Å². The molecule has 1 N–H and O–H groups in total. The van der Waals surface area contributed by atoms with Gasteiger partial charge in [0, 0.05) is 16.8 Å². The van der Waals surface area contributed by atoms with Gasteiger partial charge in [0.15, 0.2) is 6.61 Å². The number of rotatable bonds is 7. The molecule has 0 bridgehead atoms. The average molecular weight is 329 g/mol. The molecule has 120 valence electrons. The van der Waals surface area contributed by atoms with Crippen LogP contribution in [0.5, 0.6) is 0 Å². The second-order valence-corrected chi connectivity index (χ2v) is 6.87. The Morgan fingerprint density at radius 2 is 1.91 bits per heavy atom. The van der Waals surface area contributed by atoms with E-state index in [1.807, 2.05) is 35.7 Å². The first-order valence-corrected chi connectivity index (χ1v) is 8.56. The molecule has 1 aromatic carbocycles. The van der Waals surface area contributed by atoms with Crippen LogP contribution >= 0.6 is 11.3 Å². The van der Waals surface area contributed by atoms with Crippen molar-refractivity contribution in [3.05, 3.63) is 58.3 Å². The number of hydrogen-bond donors (Lipinski definition) is 1. The first kappa shape index (κ1) is 15.7. The number of amides is 1. The van der Waals surface area contributed by atoms with E-state index in [-0.39, 0.29) is 30.3 Å². The predicted octanol–water partition coefficient (Wildman–Crippen LogP) is 2.68. The van der Waals surface area contributed by atoms with Crippen LogP contribution in [0.2, 0.25) is 0 Å². The average Bonchev–Trinajstić information content (AvgIpc) is 3.21. The van der Waals surface area contributed by atoms with E-state index in [0.29, 0.717) is 6.54 Å². The maximum atomic E-state index is 11.9. The van der Waals surface area contributed by atoms with Crippen LogP contribution in [-0.4, -0.2) is 25.0 Å². The summed E-state index contributed by atoms with van der Waals surface area (Å²) >= 11 is 1.50. The van der Waals surface area contributed by atoms with Gasteiger partial charge in [-0.2, -0.15) is 0 Å². The van der Waals surface area contributed by atoms with E-state index in [9.17, 15) is 9.59 Å². The molecule has 2 aromatic rings. The van der Waals surface area contributed by atoms with Crippen molar-refractivity contribution >= 4 is 23.2 Å². The van der Waals surface area contributed by atoms with E-state index in [1.54, 1.807) is 0 Å². The molecule has 1 fully saturated rings. The Morgan fingerprint density at radius 1 is 1.13 bits per heavy atom. The number of carbonyl (C=O) groups is 2. The SMILES string of the molecule is O=C(COC(=O)Cc1cccs1)NCC1(c2ccccc2)CC1. The Morgan fingerprint density at radius 3 is 2.57 bits per heavy atom. The Balaban J connectivity index is 1.41. The molecule has 1 aliphatic rings. The summed E-state index contributed by atoms with van der Waals surface area (Å²) in [7, 11) is 0. The lowest BCUT2D eigenvalue weighted by Crippen LogP contribution is -2.35. The summed E-state index contributed by atoms with van der Waals surface area (Å²) in [6.07, 6.45) is 2.38. The van der Waals surface area contributed by atoms with Gasteiger partial charge in [0.05, 0.1) is 6.42 Å². The van der Waals surface area contributed by atoms with Crippen molar-refractivity contribution in [2.45, 2.75) is 24.7 Å². The van der Waals surface area contributed by atoms with Crippen LogP contribution in [0.15, 0.2) is 47.8 Å². The van der Waals surface area contributed by atoms with Crippen LogP contribution in [0.1, 0.15) is 23.3 Å². The minimum atomic E-state index is -0.369. The van der Waals surface area contributed by atoms with Gasteiger partial charge in [-0.15, -0.1) is 11.3 Å². The molecule has 23 heavy (non-hydrogen) atoms. The van der Waals surface area contributed by atoms with E-state index in [4.69, 9.17) is 4.74 Å². The lowest BCUT2D eigenvalue weighted by molar-refractivity contribution is -0.147. The normalized spacial score (nSPS) is 15.0. The molecule has 1 aliphatic carbocycles.